The molecule has 1 atom stereocenters. The number of hydrogen-bond donors (Lipinski definition) is 1. The lowest BCUT2D eigenvalue weighted by Gasteiger charge is -2.24. The van der Waals surface area contributed by atoms with E-state index in [9.17, 15) is 4.79 Å². The second-order valence-electron chi connectivity index (χ2n) is 6.16. The molecule has 0 aromatic carbocycles. The summed E-state index contributed by atoms with van der Waals surface area (Å²) in [4.78, 5) is 14.3. The van der Waals surface area contributed by atoms with Crippen LogP contribution in [0.1, 0.15) is 51.9 Å². The Bertz CT molecular complexity index is 290. The summed E-state index contributed by atoms with van der Waals surface area (Å²) >= 11 is 0. The molecule has 0 saturated carbocycles. The summed E-state index contributed by atoms with van der Waals surface area (Å²) in [5, 5.41) is 3.33. The largest absolute Gasteiger partial charge is 0.378 e. The highest BCUT2D eigenvalue weighted by atomic mass is 16.5. The summed E-state index contributed by atoms with van der Waals surface area (Å²) < 4.78 is 5.83. The van der Waals surface area contributed by atoms with E-state index in [1.165, 1.54) is 25.7 Å². The van der Waals surface area contributed by atoms with Gasteiger partial charge in [0.05, 0.1) is 19.1 Å². The standard InChI is InChI=1S/C16H30N2O2/c1-2-14-4-3-11-18(12-7-14)16(19)8-13-20-15-5-9-17-10-6-15/h14-15,17H,2-13H2,1H3. The zero-order valence-corrected chi connectivity index (χ0v) is 12.9. The Morgan fingerprint density at radius 1 is 1.20 bits per heavy atom. The second-order valence-corrected chi connectivity index (χ2v) is 6.16. The molecular formula is C16H30N2O2. The Hall–Kier alpha value is -0.610. The van der Waals surface area contributed by atoms with Crippen molar-refractivity contribution in [2.75, 3.05) is 32.8 Å². The first-order valence-corrected chi connectivity index (χ1v) is 8.39. The molecule has 4 nitrogen and oxygen atoms in total. The van der Waals surface area contributed by atoms with Crippen LogP contribution in [0.5, 0.6) is 0 Å². The van der Waals surface area contributed by atoms with Crippen LogP contribution in [0.4, 0.5) is 0 Å². The fraction of sp³-hybridized carbons (Fsp3) is 0.938. The van der Waals surface area contributed by atoms with Gasteiger partial charge in [0, 0.05) is 13.1 Å². The molecule has 116 valence electrons. The van der Waals surface area contributed by atoms with Gasteiger partial charge in [-0.2, -0.15) is 0 Å². The lowest BCUT2D eigenvalue weighted by atomic mass is 9.98. The number of nitrogens with one attached hydrogen (secondary N) is 1. The van der Waals surface area contributed by atoms with Gasteiger partial charge in [0.2, 0.25) is 5.91 Å². The summed E-state index contributed by atoms with van der Waals surface area (Å²) in [7, 11) is 0. The van der Waals surface area contributed by atoms with Crippen LogP contribution >= 0.6 is 0 Å². The van der Waals surface area contributed by atoms with Gasteiger partial charge in [-0.25, -0.2) is 0 Å². The molecule has 0 radical (unpaired) electrons. The zero-order chi connectivity index (χ0) is 14.2. The summed E-state index contributed by atoms with van der Waals surface area (Å²) in [6, 6.07) is 0. The number of rotatable bonds is 5. The average Bonchev–Trinajstić information content (AvgIpc) is 2.73. The molecule has 2 saturated heterocycles. The van der Waals surface area contributed by atoms with Crippen molar-refractivity contribution in [3.05, 3.63) is 0 Å². The van der Waals surface area contributed by atoms with E-state index < -0.39 is 0 Å². The quantitative estimate of drug-likeness (QED) is 0.840. The first kappa shape index (κ1) is 15.8. The number of amides is 1. The molecule has 2 heterocycles. The molecule has 1 unspecified atom stereocenters. The van der Waals surface area contributed by atoms with Crippen LogP contribution in [0.25, 0.3) is 0 Å². The van der Waals surface area contributed by atoms with Crippen LogP contribution < -0.4 is 5.32 Å². The van der Waals surface area contributed by atoms with Crippen molar-refractivity contribution in [3.63, 3.8) is 0 Å². The maximum atomic E-state index is 12.2. The minimum atomic E-state index is 0.288. The zero-order valence-electron chi connectivity index (χ0n) is 12.9. The predicted octanol–water partition coefficient (Wildman–Crippen LogP) is 2.18. The third kappa shape index (κ3) is 5.06. The summed E-state index contributed by atoms with van der Waals surface area (Å²) in [6.45, 7) is 6.84. The lowest BCUT2D eigenvalue weighted by Crippen LogP contribution is -2.35. The Labute approximate surface area is 123 Å². The normalized spacial score (nSPS) is 25.4. The summed E-state index contributed by atoms with van der Waals surface area (Å²) in [5.74, 6) is 1.11. The number of hydrogen-bond acceptors (Lipinski definition) is 3. The SMILES string of the molecule is CCC1CCCN(C(=O)CCOC2CCNCC2)CC1. The van der Waals surface area contributed by atoms with Crippen LogP contribution in [0.15, 0.2) is 0 Å². The first-order chi connectivity index (χ1) is 9.79. The molecule has 2 fully saturated rings. The molecular weight excluding hydrogens is 252 g/mol. The third-order valence-electron chi connectivity index (χ3n) is 4.73. The molecule has 0 spiro atoms. The van der Waals surface area contributed by atoms with Gasteiger partial charge in [0.15, 0.2) is 0 Å². The minimum Gasteiger partial charge on any atom is -0.378 e. The topological polar surface area (TPSA) is 41.6 Å². The van der Waals surface area contributed by atoms with E-state index in [0.717, 1.165) is 44.9 Å². The van der Waals surface area contributed by atoms with Gasteiger partial charge >= 0.3 is 0 Å². The molecule has 20 heavy (non-hydrogen) atoms. The van der Waals surface area contributed by atoms with Crippen molar-refractivity contribution >= 4 is 5.91 Å². The highest BCUT2D eigenvalue weighted by Crippen LogP contribution is 2.20. The van der Waals surface area contributed by atoms with Crippen LogP contribution in [-0.4, -0.2) is 49.7 Å². The van der Waals surface area contributed by atoms with Crippen molar-refractivity contribution in [2.45, 2.75) is 58.0 Å². The first-order valence-electron chi connectivity index (χ1n) is 8.39. The van der Waals surface area contributed by atoms with Gasteiger partial charge in [0.25, 0.3) is 0 Å². The molecule has 2 aliphatic heterocycles. The molecule has 2 aliphatic rings. The average molecular weight is 282 g/mol. The number of ether oxygens (including phenoxy) is 1. The third-order valence-corrected chi connectivity index (χ3v) is 4.73. The number of carbonyl (C=O) groups excluding carboxylic acids is 1. The van der Waals surface area contributed by atoms with E-state index >= 15 is 0 Å². The van der Waals surface area contributed by atoms with E-state index in [1.54, 1.807) is 0 Å². The highest BCUT2D eigenvalue weighted by molar-refractivity contribution is 5.76. The van der Waals surface area contributed by atoms with Crippen molar-refractivity contribution in [1.29, 1.82) is 0 Å². The molecule has 4 heteroatoms. The predicted molar refractivity (Wildman–Crippen MR) is 80.7 cm³/mol. The molecule has 1 amide bonds. The monoisotopic (exact) mass is 282 g/mol. The van der Waals surface area contributed by atoms with E-state index in [1.807, 2.05) is 0 Å². The Morgan fingerprint density at radius 2 is 2.00 bits per heavy atom. The van der Waals surface area contributed by atoms with E-state index in [0.29, 0.717) is 19.1 Å². The molecule has 0 aliphatic carbocycles. The fourth-order valence-electron chi connectivity index (χ4n) is 3.26. The second kappa shape index (κ2) is 8.63. The van der Waals surface area contributed by atoms with Crippen molar-refractivity contribution < 1.29 is 9.53 Å². The van der Waals surface area contributed by atoms with Gasteiger partial charge in [-0.05, 0) is 51.1 Å². The maximum absolute atomic E-state index is 12.2. The van der Waals surface area contributed by atoms with Gasteiger partial charge in [0.1, 0.15) is 0 Å². The minimum absolute atomic E-state index is 0.288. The van der Waals surface area contributed by atoms with Crippen LogP contribution in [0, 0.1) is 5.92 Å². The van der Waals surface area contributed by atoms with Gasteiger partial charge in [-0.1, -0.05) is 13.3 Å². The number of likely N-dealkylation sites (tertiary alicyclic amines) is 1. The molecule has 1 N–H and O–H groups in total. The summed E-state index contributed by atoms with van der Waals surface area (Å²) in [6.07, 6.45) is 7.95. The molecule has 0 bridgehead atoms. The van der Waals surface area contributed by atoms with E-state index in [4.69, 9.17) is 4.74 Å². The fourth-order valence-corrected chi connectivity index (χ4v) is 3.26. The van der Waals surface area contributed by atoms with Crippen LogP contribution in [0.2, 0.25) is 0 Å². The Morgan fingerprint density at radius 3 is 2.75 bits per heavy atom. The van der Waals surface area contributed by atoms with Crippen LogP contribution in [0.3, 0.4) is 0 Å². The van der Waals surface area contributed by atoms with Crippen molar-refractivity contribution in [1.82, 2.24) is 10.2 Å². The Balaban J connectivity index is 1.63. The smallest absolute Gasteiger partial charge is 0.224 e. The highest BCUT2D eigenvalue weighted by Gasteiger charge is 2.20. The Kier molecular flexibility index (Phi) is 6.80. The van der Waals surface area contributed by atoms with E-state index in [-0.39, 0.29) is 5.91 Å². The van der Waals surface area contributed by atoms with Gasteiger partial charge in [-0.15, -0.1) is 0 Å². The summed E-state index contributed by atoms with van der Waals surface area (Å²) in [5.41, 5.74) is 0. The van der Waals surface area contributed by atoms with Crippen LogP contribution in [-0.2, 0) is 9.53 Å². The van der Waals surface area contributed by atoms with E-state index in [2.05, 4.69) is 17.1 Å². The molecule has 0 aromatic rings. The maximum Gasteiger partial charge on any atom is 0.224 e. The number of nitrogens with zero attached hydrogens (tertiary/aromatic N) is 1. The lowest BCUT2D eigenvalue weighted by molar-refractivity contribution is -0.132. The molecule has 0 aromatic heterocycles. The number of piperidine rings is 1. The van der Waals surface area contributed by atoms with Crippen molar-refractivity contribution in [3.8, 4) is 0 Å². The van der Waals surface area contributed by atoms with Gasteiger partial charge in [-0.3, -0.25) is 4.79 Å². The van der Waals surface area contributed by atoms with Gasteiger partial charge < -0.3 is 15.0 Å². The van der Waals surface area contributed by atoms with Crippen molar-refractivity contribution in [2.24, 2.45) is 5.92 Å². The molecule has 2 rings (SSSR count). The number of carbonyl (C=O) groups is 1.